The fourth-order valence-electron chi connectivity index (χ4n) is 1.47. The SMILES string of the molecule is C#CCOCCOCCN(C)C(=O)OCc1ccccc1. The Bertz CT molecular complexity index is 441. The van der Waals surface area contributed by atoms with Gasteiger partial charge in [-0.1, -0.05) is 36.3 Å². The quantitative estimate of drug-likeness (QED) is 0.515. The summed E-state index contributed by atoms with van der Waals surface area (Å²) < 4.78 is 15.6. The van der Waals surface area contributed by atoms with Crippen LogP contribution in [0, 0.1) is 12.3 Å². The molecule has 21 heavy (non-hydrogen) atoms. The lowest BCUT2D eigenvalue weighted by atomic mass is 10.2. The van der Waals surface area contributed by atoms with E-state index in [0.717, 1.165) is 5.56 Å². The summed E-state index contributed by atoms with van der Waals surface area (Å²) in [5.74, 6) is 2.37. The van der Waals surface area contributed by atoms with Crippen molar-refractivity contribution in [1.29, 1.82) is 0 Å². The number of likely N-dealkylation sites (N-methyl/N-ethyl adjacent to an activating group) is 1. The number of amides is 1. The van der Waals surface area contributed by atoms with E-state index < -0.39 is 0 Å². The fraction of sp³-hybridized carbons (Fsp3) is 0.438. The molecule has 1 amide bonds. The maximum atomic E-state index is 11.7. The van der Waals surface area contributed by atoms with Crippen LogP contribution in [0.1, 0.15) is 5.56 Å². The number of hydrogen-bond donors (Lipinski definition) is 0. The van der Waals surface area contributed by atoms with E-state index in [1.165, 1.54) is 4.90 Å². The van der Waals surface area contributed by atoms with Crippen LogP contribution in [-0.2, 0) is 20.8 Å². The van der Waals surface area contributed by atoms with Gasteiger partial charge >= 0.3 is 6.09 Å². The fourth-order valence-corrected chi connectivity index (χ4v) is 1.47. The summed E-state index contributed by atoms with van der Waals surface area (Å²) >= 11 is 0. The zero-order valence-corrected chi connectivity index (χ0v) is 12.3. The van der Waals surface area contributed by atoms with Gasteiger partial charge in [0.05, 0.1) is 19.8 Å². The lowest BCUT2D eigenvalue weighted by Gasteiger charge is -2.17. The van der Waals surface area contributed by atoms with E-state index >= 15 is 0 Å². The van der Waals surface area contributed by atoms with E-state index in [2.05, 4.69) is 5.92 Å². The van der Waals surface area contributed by atoms with Crippen molar-refractivity contribution in [3.05, 3.63) is 35.9 Å². The molecule has 114 valence electrons. The molecule has 0 fully saturated rings. The molecule has 1 aromatic carbocycles. The summed E-state index contributed by atoms with van der Waals surface area (Å²) in [5.41, 5.74) is 0.959. The third-order valence-corrected chi connectivity index (χ3v) is 2.65. The molecule has 0 unspecified atom stereocenters. The third-order valence-electron chi connectivity index (χ3n) is 2.65. The first-order valence-corrected chi connectivity index (χ1v) is 6.75. The van der Waals surface area contributed by atoms with Crippen LogP contribution in [-0.4, -0.2) is 51.0 Å². The maximum Gasteiger partial charge on any atom is 0.409 e. The first-order valence-electron chi connectivity index (χ1n) is 6.75. The van der Waals surface area contributed by atoms with E-state index in [1.54, 1.807) is 7.05 Å². The van der Waals surface area contributed by atoms with E-state index in [4.69, 9.17) is 20.6 Å². The molecule has 0 aliphatic carbocycles. The van der Waals surface area contributed by atoms with E-state index in [9.17, 15) is 4.79 Å². The maximum absolute atomic E-state index is 11.7. The minimum absolute atomic E-state index is 0.269. The average molecular weight is 291 g/mol. The summed E-state index contributed by atoms with van der Waals surface area (Å²) in [7, 11) is 1.67. The molecule has 0 saturated heterocycles. The first kappa shape index (κ1) is 17.0. The van der Waals surface area contributed by atoms with Crippen molar-refractivity contribution in [3.63, 3.8) is 0 Å². The Morgan fingerprint density at radius 1 is 1.19 bits per heavy atom. The standard InChI is InChI=1S/C16H21NO4/c1-3-10-19-12-13-20-11-9-17(2)16(18)21-14-15-7-5-4-6-8-15/h1,4-8H,9-14H2,2H3. The second-order valence-corrected chi connectivity index (χ2v) is 4.33. The molecule has 5 heteroatoms. The van der Waals surface area contributed by atoms with Gasteiger partial charge in [0.2, 0.25) is 0 Å². The zero-order valence-electron chi connectivity index (χ0n) is 12.3. The predicted octanol–water partition coefficient (Wildman–Crippen LogP) is 1.92. The summed E-state index contributed by atoms with van der Waals surface area (Å²) in [5, 5.41) is 0. The number of rotatable bonds is 9. The average Bonchev–Trinajstić information content (AvgIpc) is 2.52. The Labute approximate surface area is 125 Å². The normalized spacial score (nSPS) is 9.90. The molecule has 0 N–H and O–H groups in total. The Kier molecular flexibility index (Phi) is 8.69. The van der Waals surface area contributed by atoms with Crippen LogP contribution in [0.4, 0.5) is 4.79 Å². The molecule has 0 radical (unpaired) electrons. The van der Waals surface area contributed by atoms with Crippen molar-refractivity contribution in [1.82, 2.24) is 4.90 Å². The highest BCUT2D eigenvalue weighted by atomic mass is 16.6. The second-order valence-electron chi connectivity index (χ2n) is 4.33. The molecular formula is C16H21NO4. The number of nitrogens with zero attached hydrogens (tertiary/aromatic N) is 1. The van der Waals surface area contributed by atoms with Gasteiger partial charge in [0.15, 0.2) is 0 Å². The summed E-state index contributed by atoms with van der Waals surface area (Å²) in [6, 6.07) is 9.55. The van der Waals surface area contributed by atoms with Crippen molar-refractivity contribution in [2.45, 2.75) is 6.61 Å². The lowest BCUT2D eigenvalue weighted by molar-refractivity contribution is 0.0467. The zero-order chi connectivity index (χ0) is 15.3. The van der Waals surface area contributed by atoms with Gasteiger partial charge in [0, 0.05) is 13.6 Å². The van der Waals surface area contributed by atoms with Gasteiger partial charge in [-0.3, -0.25) is 0 Å². The van der Waals surface area contributed by atoms with Gasteiger partial charge in [-0.2, -0.15) is 0 Å². The molecule has 0 saturated carbocycles. The topological polar surface area (TPSA) is 48.0 Å². The van der Waals surface area contributed by atoms with Crippen LogP contribution >= 0.6 is 0 Å². The van der Waals surface area contributed by atoms with Crippen molar-refractivity contribution in [3.8, 4) is 12.3 Å². The van der Waals surface area contributed by atoms with Gasteiger partial charge in [-0.15, -0.1) is 6.42 Å². The molecule has 0 aliphatic heterocycles. The van der Waals surface area contributed by atoms with Crippen LogP contribution in [0.15, 0.2) is 30.3 Å². The minimum atomic E-state index is -0.369. The van der Waals surface area contributed by atoms with Gasteiger partial charge < -0.3 is 19.1 Å². The monoisotopic (exact) mass is 291 g/mol. The van der Waals surface area contributed by atoms with Gasteiger partial charge in [-0.25, -0.2) is 4.79 Å². The number of ether oxygens (including phenoxy) is 3. The van der Waals surface area contributed by atoms with Crippen LogP contribution in [0.2, 0.25) is 0 Å². The highest BCUT2D eigenvalue weighted by Gasteiger charge is 2.09. The Morgan fingerprint density at radius 3 is 2.62 bits per heavy atom. The minimum Gasteiger partial charge on any atom is -0.445 e. The summed E-state index contributed by atoms with van der Waals surface area (Å²) in [4.78, 5) is 13.2. The first-order chi connectivity index (χ1) is 10.2. The molecule has 0 aromatic heterocycles. The number of carbonyl (C=O) groups is 1. The molecule has 0 atom stereocenters. The number of carbonyl (C=O) groups excluding carboxylic acids is 1. The number of terminal acetylenes is 1. The smallest absolute Gasteiger partial charge is 0.409 e. The van der Waals surface area contributed by atoms with Crippen LogP contribution in [0.3, 0.4) is 0 Å². The molecule has 0 bridgehead atoms. The van der Waals surface area contributed by atoms with Crippen LogP contribution in [0.5, 0.6) is 0 Å². The molecule has 0 spiro atoms. The van der Waals surface area contributed by atoms with Gasteiger partial charge in [0.1, 0.15) is 13.2 Å². The van der Waals surface area contributed by atoms with E-state index in [1.807, 2.05) is 30.3 Å². The van der Waals surface area contributed by atoms with Crippen LogP contribution < -0.4 is 0 Å². The third kappa shape index (κ3) is 7.98. The number of hydrogen-bond acceptors (Lipinski definition) is 4. The molecule has 1 rings (SSSR count). The molecular weight excluding hydrogens is 270 g/mol. The van der Waals surface area contributed by atoms with Crippen molar-refractivity contribution in [2.24, 2.45) is 0 Å². The van der Waals surface area contributed by atoms with Crippen molar-refractivity contribution >= 4 is 6.09 Å². The second kappa shape index (κ2) is 10.7. The lowest BCUT2D eigenvalue weighted by Crippen LogP contribution is -2.30. The van der Waals surface area contributed by atoms with E-state index in [-0.39, 0.29) is 19.3 Å². The highest BCUT2D eigenvalue weighted by Crippen LogP contribution is 2.02. The largest absolute Gasteiger partial charge is 0.445 e. The van der Waals surface area contributed by atoms with Crippen molar-refractivity contribution < 1.29 is 19.0 Å². The summed E-state index contributed by atoms with van der Waals surface area (Å²) in [6.45, 7) is 2.35. The molecule has 0 aliphatic rings. The Balaban J connectivity index is 2.07. The molecule has 0 heterocycles. The molecule has 1 aromatic rings. The number of benzene rings is 1. The Morgan fingerprint density at radius 2 is 1.90 bits per heavy atom. The highest BCUT2D eigenvalue weighted by molar-refractivity contribution is 5.67. The van der Waals surface area contributed by atoms with E-state index in [0.29, 0.717) is 26.4 Å². The molecule has 5 nitrogen and oxygen atoms in total. The van der Waals surface area contributed by atoms with Crippen LogP contribution in [0.25, 0.3) is 0 Å². The predicted molar refractivity (Wildman–Crippen MR) is 79.7 cm³/mol. The Hall–Kier alpha value is -2.03. The van der Waals surface area contributed by atoms with Crippen molar-refractivity contribution in [2.75, 3.05) is 40.0 Å². The van der Waals surface area contributed by atoms with Gasteiger partial charge in [-0.05, 0) is 5.56 Å². The summed E-state index contributed by atoms with van der Waals surface area (Å²) in [6.07, 6.45) is 4.67. The van der Waals surface area contributed by atoms with Gasteiger partial charge in [0.25, 0.3) is 0 Å².